The van der Waals surface area contributed by atoms with E-state index in [1.165, 1.54) is 19.5 Å². The third-order valence-corrected chi connectivity index (χ3v) is 6.01. The molecule has 0 bridgehead atoms. The van der Waals surface area contributed by atoms with Gasteiger partial charge < -0.3 is 14.7 Å². The summed E-state index contributed by atoms with van der Waals surface area (Å²) in [7, 11) is 1.80. The van der Waals surface area contributed by atoms with Crippen molar-refractivity contribution in [2.75, 3.05) is 44.8 Å². The Hall–Kier alpha value is -2.18. The minimum absolute atomic E-state index is 0.220. The summed E-state index contributed by atoms with van der Waals surface area (Å²) in [5.41, 5.74) is 1.61. The van der Waals surface area contributed by atoms with Crippen LogP contribution in [0.3, 0.4) is 0 Å². The van der Waals surface area contributed by atoms with Gasteiger partial charge in [0.2, 0.25) is 0 Å². The number of ether oxygens (including phenoxy) is 1. The second-order valence-electron chi connectivity index (χ2n) is 8.03. The first-order chi connectivity index (χ1) is 13.6. The lowest BCUT2D eigenvalue weighted by Crippen LogP contribution is -2.44. The van der Waals surface area contributed by atoms with Gasteiger partial charge in [-0.25, -0.2) is 9.97 Å². The predicted octanol–water partition coefficient (Wildman–Crippen LogP) is 3.09. The van der Waals surface area contributed by atoms with Crippen LogP contribution in [0.15, 0.2) is 30.3 Å². The van der Waals surface area contributed by atoms with Crippen LogP contribution in [0.25, 0.3) is 11.4 Å². The van der Waals surface area contributed by atoms with Crippen LogP contribution in [0.4, 0.5) is 5.82 Å². The van der Waals surface area contributed by atoms with E-state index < -0.39 is 0 Å². The Morgan fingerprint density at radius 3 is 2.64 bits per heavy atom. The maximum absolute atomic E-state index is 10.2. The summed E-state index contributed by atoms with van der Waals surface area (Å²) in [6.07, 6.45) is 3.58. The third-order valence-electron chi connectivity index (χ3n) is 6.01. The smallest absolute Gasteiger partial charge is 0.165 e. The number of likely N-dealkylation sites (tertiary alicyclic amines) is 1. The van der Waals surface area contributed by atoms with Gasteiger partial charge in [-0.3, -0.25) is 4.90 Å². The van der Waals surface area contributed by atoms with E-state index in [0.29, 0.717) is 23.3 Å². The number of nitrogens with zero attached hydrogens (tertiary/aromatic N) is 4. The molecule has 2 aromatic rings. The van der Waals surface area contributed by atoms with Crippen molar-refractivity contribution in [1.29, 1.82) is 0 Å². The average Bonchev–Trinajstić information content (AvgIpc) is 3.17. The molecular weight excluding hydrogens is 352 g/mol. The zero-order chi connectivity index (χ0) is 19.5. The molecule has 0 saturated carbocycles. The highest BCUT2D eigenvalue weighted by Gasteiger charge is 2.31. The molecule has 2 saturated heterocycles. The number of phenols is 1. The summed E-state index contributed by atoms with van der Waals surface area (Å²) in [4.78, 5) is 14.3. The number of hydrogen-bond acceptors (Lipinski definition) is 6. The molecule has 0 radical (unpaired) electrons. The number of methoxy groups -OCH3 is 1. The van der Waals surface area contributed by atoms with Crippen molar-refractivity contribution in [3.8, 4) is 17.1 Å². The Labute approximate surface area is 167 Å². The van der Waals surface area contributed by atoms with Gasteiger partial charge >= 0.3 is 0 Å². The average molecular weight is 383 g/mol. The van der Waals surface area contributed by atoms with Crippen LogP contribution in [0.1, 0.15) is 25.0 Å². The second kappa shape index (κ2) is 8.45. The monoisotopic (exact) mass is 382 g/mol. The number of anilines is 1. The fourth-order valence-corrected chi connectivity index (χ4v) is 4.52. The number of phenolic OH excluding ortho intramolecular Hbond substituents is 1. The van der Waals surface area contributed by atoms with Crippen molar-refractivity contribution in [3.05, 3.63) is 36.0 Å². The first-order valence-corrected chi connectivity index (χ1v) is 10.3. The SMILES string of the molecule is COC[C@@H]1CCN(C2CCN(c3cc(C)nc(-c4ccccc4O)n3)CC2)C1. The van der Waals surface area contributed by atoms with Gasteiger partial charge in [0.1, 0.15) is 11.6 Å². The van der Waals surface area contributed by atoms with E-state index in [0.717, 1.165) is 44.0 Å². The molecule has 0 unspecified atom stereocenters. The molecule has 4 rings (SSSR count). The van der Waals surface area contributed by atoms with E-state index in [2.05, 4.69) is 14.8 Å². The van der Waals surface area contributed by atoms with Gasteiger partial charge in [-0.15, -0.1) is 0 Å². The number of aryl methyl sites for hydroxylation is 1. The van der Waals surface area contributed by atoms with Crippen LogP contribution < -0.4 is 4.90 Å². The fraction of sp³-hybridized carbons (Fsp3) is 0.545. The van der Waals surface area contributed by atoms with Crippen molar-refractivity contribution in [3.63, 3.8) is 0 Å². The minimum Gasteiger partial charge on any atom is -0.507 e. The van der Waals surface area contributed by atoms with Gasteiger partial charge in [-0.1, -0.05) is 12.1 Å². The Kier molecular flexibility index (Phi) is 5.78. The van der Waals surface area contributed by atoms with Crippen LogP contribution in [-0.2, 0) is 4.74 Å². The van der Waals surface area contributed by atoms with Crippen molar-refractivity contribution in [1.82, 2.24) is 14.9 Å². The fourth-order valence-electron chi connectivity index (χ4n) is 4.52. The van der Waals surface area contributed by atoms with E-state index >= 15 is 0 Å². The molecular formula is C22H30N4O2. The molecule has 28 heavy (non-hydrogen) atoms. The summed E-state index contributed by atoms with van der Waals surface area (Å²) < 4.78 is 5.34. The topological polar surface area (TPSA) is 61.7 Å². The predicted molar refractivity (Wildman–Crippen MR) is 111 cm³/mol. The Bertz CT molecular complexity index is 805. The zero-order valence-electron chi connectivity index (χ0n) is 16.8. The molecule has 6 heteroatoms. The zero-order valence-corrected chi connectivity index (χ0v) is 16.8. The molecule has 2 aliphatic heterocycles. The standard InChI is InChI=1S/C22H30N4O2/c1-16-13-21(24-22(23-16)19-5-3-4-6-20(19)27)25-11-8-18(9-12-25)26-10-7-17(14-26)15-28-2/h3-6,13,17-18,27H,7-12,14-15H2,1-2H3/t17-/m1/s1. The number of hydrogen-bond donors (Lipinski definition) is 1. The number of para-hydroxylation sites is 1. The quantitative estimate of drug-likeness (QED) is 0.857. The summed E-state index contributed by atoms with van der Waals surface area (Å²) in [6, 6.07) is 9.98. The summed E-state index contributed by atoms with van der Waals surface area (Å²) in [6.45, 7) is 7.25. The largest absolute Gasteiger partial charge is 0.507 e. The molecule has 2 aliphatic rings. The maximum Gasteiger partial charge on any atom is 0.165 e. The molecule has 3 heterocycles. The lowest BCUT2D eigenvalue weighted by Gasteiger charge is -2.37. The van der Waals surface area contributed by atoms with E-state index in [4.69, 9.17) is 9.72 Å². The Morgan fingerprint density at radius 1 is 1.11 bits per heavy atom. The molecule has 150 valence electrons. The Morgan fingerprint density at radius 2 is 1.89 bits per heavy atom. The molecule has 2 fully saturated rings. The van der Waals surface area contributed by atoms with E-state index in [1.54, 1.807) is 13.2 Å². The molecule has 0 aliphatic carbocycles. The normalized spacial score (nSPS) is 21.4. The molecule has 0 spiro atoms. The number of rotatable bonds is 5. The van der Waals surface area contributed by atoms with Crippen molar-refractivity contribution < 1.29 is 9.84 Å². The van der Waals surface area contributed by atoms with Gasteiger partial charge in [0.25, 0.3) is 0 Å². The minimum atomic E-state index is 0.220. The first kappa shape index (κ1) is 19.2. The molecule has 1 N–H and O–H groups in total. The second-order valence-corrected chi connectivity index (χ2v) is 8.03. The van der Waals surface area contributed by atoms with Crippen LogP contribution in [0.5, 0.6) is 5.75 Å². The van der Waals surface area contributed by atoms with E-state index in [1.807, 2.05) is 31.2 Å². The van der Waals surface area contributed by atoms with E-state index in [-0.39, 0.29) is 5.75 Å². The summed E-state index contributed by atoms with van der Waals surface area (Å²) in [5.74, 6) is 2.46. The van der Waals surface area contributed by atoms with Gasteiger partial charge in [0.05, 0.1) is 12.2 Å². The van der Waals surface area contributed by atoms with Gasteiger partial charge in [0.15, 0.2) is 5.82 Å². The van der Waals surface area contributed by atoms with Gasteiger partial charge in [-0.05, 0) is 50.8 Å². The van der Waals surface area contributed by atoms with Crippen LogP contribution >= 0.6 is 0 Å². The van der Waals surface area contributed by atoms with Gasteiger partial charge in [-0.2, -0.15) is 0 Å². The van der Waals surface area contributed by atoms with Crippen LogP contribution in [0, 0.1) is 12.8 Å². The summed E-state index contributed by atoms with van der Waals surface area (Å²) in [5, 5.41) is 10.2. The van der Waals surface area contributed by atoms with Crippen LogP contribution in [0.2, 0.25) is 0 Å². The Balaban J connectivity index is 1.43. The molecule has 6 nitrogen and oxygen atoms in total. The van der Waals surface area contributed by atoms with Crippen molar-refractivity contribution >= 4 is 5.82 Å². The van der Waals surface area contributed by atoms with Crippen LogP contribution in [-0.4, -0.2) is 65.9 Å². The molecule has 1 aromatic carbocycles. The highest BCUT2D eigenvalue weighted by atomic mass is 16.5. The molecule has 1 aromatic heterocycles. The van der Waals surface area contributed by atoms with Crippen molar-refractivity contribution in [2.45, 2.75) is 32.2 Å². The van der Waals surface area contributed by atoms with Crippen molar-refractivity contribution in [2.24, 2.45) is 5.92 Å². The molecule has 0 amide bonds. The lowest BCUT2D eigenvalue weighted by atomic mass is 10.0. The lowest BCUT2D eigenvalue weighted by molar-refractivity contribution is 0.142. The van der Waals surface area contributed by atoms with Gasteiger partial charge in [0, 0.05) is 44.5 Å². The number of benzene rings is 1. The first-order valence-electron chi connectivity index (χ1n) is 10.3. The number of aromatic hydroxyl groups is 1. The number of aromatic nitrogens is 2. The third kappa shape index (κ3) is 4.13. The summed E-state index contributed by atoms with van der Waals surface area (Å²) >= 11 is 0. The highest BCUT2D eigenvalue weighted by molar-refractivity contribution is 5.65. The number of piperidine rings is 1. The maximum atomic E-state index is 10.2. The van der Waals surface area contributed by atoms with E-state index in [9.17, 15) is 5.11 Å². The highest BCUT2D eigenvalue weighted by Crippen LogP contribution is 2.30. The molecule has 1 atom stereocenters.